The number of benzene rings is 1. The molecule has 0 radical (unpaired) electrons. The molecule has 1 heterocycles. The lowest BCUT2D eigenvalue weighted by Gasteiger charge is -2.15. The zero-order valence-corrected chi connectivity index (χ0v) is 11.5. The summed E-state index contributed by atoms with van der Waals surface area (Å²) in [6.45, 7) is 3.06. The standard InChI is InChI=1S/C14H11ClFNO3/c1-7-5-12(18)17(8(2)13(7)14(19)20)11-4-3-9(16)6-10(11)15/h3-6H,1-2H3,(H,19,20). The molecular weight excluding hydrogens is 285 g/mol. The Morgan fingerprint density at radius 3 is 2.50 bits per heavy atom. The first-order valence-electron chi connectivity index (χ1n) is 5.75. The van der Waals surface area contributed by atoms with Crippen molar-refractivity contribution in [1.82, 2.24) is 4.57 Å². The molecule has 0 fully saturated rings. The fraction of sp³-hybridized carbons (Fsp3) is 0.143. The molecule has 2 aromatic rings. The Hall–Kier alpha value is -2.14. The van der Waals surface area contributed by atoms with Gasteiger partial charge in [0, 0.05) is 11.8 Å². The number of rotatable bonds is 2. The van der Waals surface area contributed by atoms with Gasteiger partial charge in [-0.1, -0.05) is 11.6 Å². The van der Waals surface area contributed by atoms with E-state index in [0.29, 0.717) is 5.56 Å². The number of aromatic carboxylic acids is 1. The highest BCUT2D eigenvalue weighted by Crippen LogP contribution is 2.23. The lowest BCUT2D eigenvalue weighted by Crippen LogP contribution is -2.24. The summed E-state index contributed by atoms with van der Waals surface area (Å²) in [5.41, 5.74) is 0.479. The van der Waals surface area contributed by atoms with Gasteiger partial charge in [-0.05, 0) is 37.6 Å². The summed E-state index contributed by atoms with van der Waals surface area (Å²) < 4.78 is 14.2. The van der Waals surface area contributed by atoms with Gasteiger partial charge in [-0.15, -0.1) is 0 Å². The minimum absolute atomic E-state index is 0.0324. The van der Waals surface area contributed by atoms with Gasteiger partial charge >= 0.3 is 5.97 Å². The molecule has 0 aliphatic carbocycles. The van der Waals surface area contributed by atoms with Crippen molar-refractivity contribution >= 4 is 17.6 Å². The summed E-state index contributed by atoms with van der Waals surface area (Å²) in [6, 6.07) is 4.79. The van der Waals surface area contributed by atoms with Crippen LogP contribution in [0.4, 0.5) is 4.39 Å². The van der Waals surface area contributed by atoms with Crippen LogP contribution >= 0.6 is 11.6 Å². The quantitative estimate of drug-likeness (QED) is 0.926. The van der Waals surface area contributed by atoms with Crippen molar-refractivity contribution in [3.05, 3.63) is 62.3 Å². The van der Waals surface area contributed by atoms with E-state index in [2.05, 4.69) is 0 Å². The fourth-order valence-electron chi connectivity index (χ4n) is 2.17. The van der Waals surface area contributed by atoms with E-state index in [0.717, 1.165) is 16.7 Å². The van der Waals surface area contributed by atoms with Crippen molar-refractivity contribution in [3.63, 3.8) is 0 Å². The van der Waals surface area contributed by atoms with Crippen molar-refractivity contribution in [2.45, 2.75) is 13.8 Å². The highest BCUT2D eigenvalue weighted by atomic mass is 35.5. The second kappa shape index (κ2) is 5.09. The largest absolute Gasteiger partial charge is 0.478 e. The number of pyridine rings is 1. The number of carbonyl (C=O) groups is 1. The number of nitrogens with zero attached hydrogens (tertiary/aromatic N) is 1. The van der Waals surface area contributed by atoms with E-state index in [4.69, 9.17) is 11.6 Å². The number of aryl methyl sites for hydroxylation is 1. The second-order valence-electron chi connectivity index (χ2n) is 4.36. The maximum atomic E-state index is 13.1. The summed E-state index contributed by atoms with van der Waals surface area (Å²) >= 11 is 5.93. The van der Waals surface area contributed by atoms with Crippen molar-refractivity contribution in [1.29, 1.82) is 0 Å². The molecule has 20 heavy (non-hydrogen) atoms. The summed E-state index contributed by atoms with van der Waals surface area (Å²) in [4.78, 5) is 23.4. The molecule has 0 amide bonds. The smallest absolute Gasteiger partial charge is 0.337 e. The molecule has 1 N–H and O–H groups in total. The van der Waals surface area contributed by atoms with E-state index < -0.39 is 17.3 Å². The Balaban J connectivity index is 2.84. The third-order valence-corrected chi connectivity index (χ3v) is 3.32. The molecule has 0 saturated heterocycles. The van der Waals surface area contributed by atoms with Gasteiger partial charge in [-0.3, -0.25) is 9.36 Å². The molecule has 0 aliphatic heterocycles. The van der Waals surface area contributed by atoms with Crippen molar-refractivity contribution in [3.8, 4) is 5.69 Å². The first-order chi connectivity index (χ1) is 9.32. The van der Waals surface area contributed by atoms with Gasteiger partial charge in [0.2, 0.25) is 0 Å². The normalized spacial score (nSPS) is 10.6. The molecule has 104 valence electrons. The molecule has 0 bridgehead atoms. The lowest BCUT2D eigenvalue weighted by molar-refractivity contribution is 0.0694. The van der Waals surface area contributed by atoms with Crippen molar-refractivity contribution in [2.75, 3.05) is 0 Å². The van der Waals surface area contributed by atoms with Crippen LogP contribution in [0.1, 0.15) is 21.6 Å². The van der Waals surface area contributed by atoms with Crippen LogP contribution in [0.15, 0.2) is 29.1 Å². The summed E-state index contributed by atoms with van der Waals surface area (Å²) in [5.74, 6) is -1.66. The lowest BCUT2D eigenvalue weighted by atomic mass is 10.1. The second-order valence-corrected chi connectivity index (χ2v) is 4.77. The SMILES string of the molecule is Cc1cc(=O)n(-c2ccc(F)cc2Cl)c(C)c1C(=O)O. The minimum atomic E-state index is -1.13. The molecule has 6 heteroatoms. The summed E-state index contributed by atoms with van der Waals surface area (Å²) in [7, 11) is 0. The van der Waals surface area contributed by atoms with Gasteiger partial charge in [-0.2, -0.15) is 0 Å². The van der Waals surface area contributed by atoms with Gasteiger partial charge in [0.15, 0.2) is 0 Å². The van der Waals surface area contributed by atoms with Crippen LogP contribution in [0.2, 0.25) is 5.02 Å². The molecule has 2 rings (SSSR count). The van der Waals surface area contributed by atoms with Crippen LogP contribution in [0, 0.1) is 19.7 Å². The first kappa shape index (κ1) is 14.3. The van der Waals surface area contributed by atoms with Gasteiger partial charge in [0.05, 0.1) is 16.3 Å². The highest BCUT2D eigenvalue weighted by molar-refractivity contribution is 6.32. The van der Waals surface area contributed by atoms with Gasteiger partial charge < -0.3 is 5.11 Å². The third kappa shape index (κ3) is 2.32. The Bertz CT molecular complexity index is 768. The van der Waals surface area contributed by atoms with E-state index in [-0.39, 0.29) is 22.0 Å². The number of carboxylic acids is 1. The maximum Gasteiger partial charge on any atom is 0.337 e. The first-order valence-corrected chi connectivity index (χ1v) is 6.12. The number of aromatic nitrogens is 1. The van der Waals surface area contributed by atoms with E-state index in [1.165, 1.54) is 19.1 Å². The van der Waals surface area contributed by atoms with Crippen LogP contribution in [0.3, 0.4) is 0 Å². The van der Waals surface area contributed by atoms with Gasteiger partial charge in [0.25, 0.3) is 5.56 Å². The number of halogens is 2. The monoisotopic (exact) mass is 295 g/mol. The predicted octanol–water partition coefficient (Wildman–Crippen LogP) is 2.95. The average molecular weight is 296 g/mol. The van der Waals surface area contributed by atoms with Crippen LogP contribution in [-0.2, 0) is 0 Å². The van der Waals surface area contributed by atoms with Gasteiger partial charge in [-0.25, -0.2) is 9.18 Å². The summed E-state index contributed by atoms with van der Waals surface area (Å²) in [6.07, 6.45) is 0. The molecule has 0 aliphatic rings. The van der Waals surface area contributed by atoms with Crippen LogP contribution < -0.4 is 5.56 Å². The van der Waals surface area contributed by atoms with E-state index >= 15 is 0 Å². The van der Waals surface area contributed by atoms with Crippen LogP contribution in [0.5, 0.6) is 0 Å². The van der Waals surface area contributed by atoms with Crippen LogP contribution in [-0.4, -0.2) is 15.6 Å². The van der Waals surface area contributed by atoms with E-state index in [9.17, 15) is 19.1 Å². The molecule has 1 aromatic heterocycles. The predicted molar refractivity (Wildman–Crippen MR) is 73.4 cm³/mol. The zero-order valence-electron chi connectivity index (χ0n) is 10.8. The Morgan fingerprint density at radius 1 is 1.30 bits per heavy atom. The number of carboxylic acid groups (broad SMARTS) is 1. The third-order valence-electron chi connectivity index (χ3n) is 3.02. The summed E-state index contributed by atoms with van der Waals surface area (Å²) in [5, 5.41) is 9.25. The van der Waals surface area contributed by atoms with Crippen molar-refractivity contribution < 1.29 is 14.3 Å². The Kier molecular flexibility index (Phi) is 3.63. The molecular formula is C14H11ClFNO3. The average Bonchev–Trinajstić information content (AvgIpc) is 2.30. The number of hydrogen-bond acceptors (Lipinski definition) is 2. The molecule has 0 saturated carbocycles. The molecule has 0 spiro atoms. The zero-order chi connectivity index (χ0) is 15.0. The minimum Gasteiger partial charge on any atom is -0.478 e. The van der Waals surface area contributed by atoms with Gasteiger partial charge in [0.1, 0.15) is 5.82 Å². The molecule has 1 aromatic carbocycles. The highest BCUT2D eigenvalue weighted by Gasteiger charge is 2.18. The maximum absolute atomic E-state index is 13.1. The Morgan fingerprint density at radius 2 is 1.95 bits per heavy atom. The Labute approximate surface area is 119 Å². The van der Waals surface area contributed by atoms with E-state index in [1.54, 1.807) is 6.92 Å². The van der Waals surface area contributed by atoms with E-state index in [1.807, 2.05) is 0 Å². The number of hydrogen-bond donors (Lipinski definition) is 1. The topological polar surface area (TPSA) is 59.3 Å². The van der Waals surface area contributed by atoms with Crippen molar-refractivity contribution in [2.24, 2.45) is 0 Å². The molecule has 4 nitrogen and oxygen atoms in total. The molecule has 0 unspecified atom stereocenters. The fourth-order valence-corrected chi connectivity index (χ4v) is 2.42. The molecule has 0 atom stereocenters. The van der Waals surface area contributed by atoms with Crippen LogP contribution in [0.25, 0.3) is 5.69 Å².